The molecule has 2 N–H and O–H groups in total. The van der Waals surface area contributed by atoms with Gasteiger partial charge in [0.1, 0.15) is 0 Å². The molecule has 0 amide bonds. The first-order valence-corrected chi connectivity index (χ1v) is 10.9. The summed E-state index contributed by atoms with van der Waals surface area (Å²) in [7, 11) is -0.315. The van der Waals surface area contributed by atoms with Gasteiger partial charge in [-0.05, 0) is 57.0 Å². The molecule has 0 saturated carbocycles. The van der Waals surface area contributed by atoms with Gasteiger partial charge in [0.25, 0.3) is 0 Å². The van der Waals surface area contributed by atoms with Crippen LogP contribution in [0, 0.1) is 0 Å². The molecule has 3 aromatic heterocycles. The van der Waals surface area contributed by atoms with E-state index in [-0.39, 0.29) is 18.3 Å². The third-order valence-electron chi connectivity index (χ3n) is 6.02. The Morgan fingerprint density at radius 1 is 0.867 bits per heavy atom. The van der Waals surface area contributed by atoms with Crippen molar-refractivity contribution in [1.82, 2.24) is 15.0 Å². The van der Waals surface area contributed by atoms with Gasteiger partial charge in [0.15, 0.2) is 5.82 Å². The fourth-order valence-electron chi connectivity index (χ4n) is 3.49. The van der Waals surface area contributed by atoms with E-state index in [1.807, 2.05) is 24.5 Å². The molecule has 1 fully saturated rings. The van der Waals surface area contributed by atoms with Crippen LogP contribution in [0.25, 0.3) is 33.2 Å². The molecule has 0 radical (unpaired) electrons. The summed E-state index contributed by atoms with van der Waals surface area (Å²) in [5.74, 6) is 0.837. The molecule has 0 aliphatic carbocycles. The van der Waals surface area contributed by atoms with E-state index >= 15 is 0 Å². The lowest BCUT2D eigenvalue weighted by molar-refractivity contribution is 0.00578. The minimum absolute atomic E-state index is 0.315. The average molecular weight is 417 g/mol. The van der Waals surface area contributed by atoms with Crippen molar-refractivity contribution in [3.05, 3.63) is 60.9 Å². The summed E-state index contributed by atoms with van der Waals surface area (Å²) in [5, 5.41) is 0. The van der Waals surface area contributed by atoms with Crippen LogP contribution >= 0.6 is 11.3 Å². The second-order valence-corrected chi connectivity index (χ2v) is 9.71. The summed E-state index contributed by atoms with van der Waals surface area (Å²) >= 11 is 1.71. The number of imidazole rings is 1. The van der Waals surface area contributed by atoms with E-state index in [2.05, 4.69) is 79.0 Å². The maximum atomic E-state index is 6.18. The zero-order valence-corrected chi connectivity index (χ0v) is 18.3. The van der Waals surface area contributed by atoms with Crippen molar-refractivity contribution < 1.29 is 9.31 Å². The fraction of sp³-hybridized carbons (Fsp3) is 0.261. The second-order valence-electron chi connectivity index (χ2n) is 8.60. The standard InChI is InChI=1S/C23H24BN3O2S/c1-22(2)23(3,4)29-24(28-22)20-12-11-19(30-20)16-9-7-15(8-10-16)18-14-26-21(27-18)17-6-5-13-25-17/h5-14,25H,1-4H3,(H,26,27). The van der Waals surface area contributed by atoms with Gasteiger partial charge in [0.2, 0.25) is 0 Å². The highest BCUT2D eigenvalue weighted by Gasteiger charge is 2.52. The van der Waals surface area contributed by atoms with Gasteiger partial charge in [-0.2, -0.15) is 0 Å². The number of hydrogen-bond acceptors (Lipinski definition) is 4. The molecule has 1 aliphatic rings. The topological polar surface area (TPSA) is 62.9 Å². The van der Waals surface area contributed by atoms with E-state index in [4.69, 9.17) is 9.31 Å². The quantitative estimate of drug-likeness (QED) is 0.454. The number of aromatic amines is 2. The Kier molecular flexibility index (Phi) is 4.50. The molecule has 7 heteroatoms. The predicted octanol–water partition coefficient (Wildman–Crippen LogP) is 5.10. The highest BCUT2D eigenvalue weighted by molar-refractivity contribution is 7.25. The monoisotopic (exact) mass is 417 g/mol. The molecule has 0 atom stereocenters. The zero-order chi connectivity index (χ0) is 20.9. The molecule has 4 heterocycles. The van der Waals surface area contributed by atoms with Crippen LogP contribution in [0.5, 0.6) is 0 Å². The van der Waals surface area contributed by atoms with E-state index in [1.165, 1.54) is 10.4 Å². The fourth-order valence-corrected chi connectivity index (χ4v) is 4.46. The summed E-state index contributed by atoms with van der Waals surface area (Å²) in [4.78, 5) is 12.2. The maximum Gasteiger partial charge on any atom is 0.505 e. The molecule has 1 aromatic carbocycles. The summed E-state index contributed by atoms with van der Waals surface area (Å²) in [6.07, 6.45) is 3.76. The Labute approximate surface area is 180 Å². The molecule has 0 unspecified atom stereocenters. The predicted molar refractivity (Wildman–Crippen MR) is 123 cm³/mol. The van der Waals surface area contributed by atoms with E-state index in [9.17, 15) is 0 Å². The zero-order valence-electron chi connectivity index (χ0n) is 17.5. The van der Waals surface area contributed by atoms with Gasteiger partial charge in [-0.25, -0.2) is 4.98 Å². The van der Waals surface area contributed by atoms with Crippen molar-refractivity contribution in [1.29, 1.82) is 0 Å². The van der Waals surface area contributed by atoms with E-state index in [0.717, 1.165) is 27.6 Å². The number of aromatic nitrogens is 3. The molecule has 1 aliphatic heterocycles. The molecule has 5 nitrogen and oxygen atoms in total. The van der Waals surface area contributed by atoms with Gasteiger partial charge in [-0.1, -0.05) is 30.3 Å². The van der Waals surface area contributed by atoms with Crippen molar-refractivity contribution in [2.24, 2.45) is 0 Å². The van der Waals surface area contributed by atoms with Gasteiger partial charge >= 0.3 is 7.12 Å². The smallest absolute Gasteiger partial charge is 0.399 e. The van der Waals surface area contributed by atoms with Crippen molar-refractivity contribution in [2.45, 2.75) is 38.9 Å². The Hall–Kier alpha value is -2.61. The molecule has 0 spiro atoms. The first-order chi connectivity index (χ1) is 14.3. The lowest BCUT2D eigenvalue weighted by atomic mass is 9.88. The molecule has 30 heavy (non-hydrogen) atoms. The number of rotatable bonds is 4. The molecular formula is C23H24BN3O2S. The minimum atomic E-state index is -0.327. The Balaban J connectivity index is 1.35. The van der Waals surface area contributed by atoms with Crippen LogP contribution in [0.15, 0.2) is 60.9 Å². The number of nitrogens with one attached hydrogen (secondary N) is 2. The number of H-pyrrole nitrogens is 2. The highest BCUT2D eigenvalue weighted by Crippen LogP contribution is 2.37. The number of hydrogen-bond donors (Lipinski definition) is 2. The number of nitrogens with zero attached hydrogens (tertiary/aromatic N) is 1. The van der Waals surface area contributed by atoms with Gasteiger partial charge in [-0.3, -0.25) is 0 Å². The summed E-state index contributed by atoms with van der Waals surface area (Å²) in [6.45, 7) is 8.32. The lowest BCUT2D eigenvalue weighted by Crippen LogP contribution is -2.41. The Morgan fingerprint density at radius 3 is 2.23 bits per heavy atom. The number of thiophene rings is 1. The third-order valence-corrected chi connectivity index (χ3v) is 7.18. The van der Waals surface area contributed by atoms with Crippen LogP contribution < -0.4 is 4.78 Å². The van der Waals surface area contributed by atoms with Crippen LogP contribution in [-0.2, 0) is 9.31 Å². The van der Waals surface area contributed by atoms with Crippen molar-refractivity contribution in [2.75, 3.05) is 0 Å². The molecule has 152 valence electrons. The largest absolute Gasteiger partial charge is 0.505 e. The lowest BCUT2D eigenvalue weighted by Gasteiger charge is -2.32. The molecule has 1 saturated heterocycles. The van der Waals surface area contributed by atoms with Crippen molar-refractivity contribution in [3.63, 3.8) is 0 Å². The van der Waals surface area contributed by atoms with Crippen LogP contribution in [0.3, 0.4) is 0 Å². The summed E-state index contributed by atoms with van der Waals surface area (Å²) in [5.41, 5.74) is 3.60. The first-order valence-electron chi connectivity index (χ1n) is 10.1. The van der Waals surface area contributed by atoms with Gasteiger partial charge in [-0.15, -0.1) is 11.3 Å². The number of benzene rings is 1. The Morgan fingerprint density at radius 2 is 1.57 bits per heavy atom. The van der Waals surface area contributed by atoms with Crippen molar-refractivity contribution >= 4 is 23.2 Å². The SMILES string of the molecule is CC1(C)OB(c2ccc(-c3ccc(-c4cnc(-c5ccc[nH]5)[nH]4)cc3)s2)OC1(C)C. The summed E-state index contributed by atoms with van der Waals surface area (Å²) in [6, 6.07) is 16.7. The van der Waals surface area contributed by atoms with Crippen LogP contribution in [0.1, 0.15) is 27.7 Å². The highest BCUT2D eigenvalue weighted by atomic mass is 32.1. The normalized spacial score (nSPS) is 17.5. The molecule has 0 bridgehead atoms. The van der Waals surface area contributed by atoms with E-state index < -0.39 is 0 Å². The molecular weight excluding hydrogens is 393 g/mol. The van der Waals surface area contributed by atoms with Crippen LogP contribution in [-0.4, -0.2) is 33.3 Å². The van der Waals surface area contributed by atoms with Gasteiger partial charge in [0.05, 0.1) is 28.8 Å². The van der Waals surface area contributed by atoms with E-state index in [0.29, 0.717) is 0 Å². The van der Waals surface area contributed by atoms with Gasteiger partial charge < -0.3 is 19.3 Å². The van der Waals surface area contributed by atoms with E-state index in [1.54, 1.807) is 11.3 Å². The second kappa shape index (κ2) is 6.98. The van der Waals surface area contributed by atoms with Crippen LogP contribution in [0.4, 0.5) is 0 Å². The first kappa shape index (κ1) is 19.4. The van der Waals surface area contributed by atoms with Crippen LogP contribution in [0.2, 0.25) is 0 Å². The van der Waals surface area contributed by atoms with Gasteiger partial charge in [0, 0.05) is 15.9 Å². The molecule has 5 rings (SSSR count). The van der Waals surface area contributed by atoms with Crippen molar-refractivity contribution in [3.8, 4) is 33.2 Å². The Bertz CT molecular complexity index is 1140. The summed E-state index contributed by atoms with van der Waals surface area (Å²) < 4.78 is 13.5. The molecule has 4 aromatic rings. The average Bonchev–Trinajstić information content (AvgIpc) is 3.49. The third kappa shape index (κ3) is 3.33. The maximum absolute atomic E-state index is 6.18. The minimum Gasteiger partial charge on any atom is -0.399 e.